The Morgan fingerprint density at radius 1 is 0.690 bits per heavy atom. The predicted molar refractivity (Wildman–Crippen MR) is 140 cm³/mol. The number of nitrogens with one attached hydrogen (secondary N) is 2. The lowest BCUT2D eigenvalue weighted by atomic mass is 10.0. The summed E-state index contributed by atoms with van der Waals surface area (Å²) in [6.07, 6.45) is -8.14. The second kappa shape index (κ2) is 15.2. The second-order valence-electron chi connectivity index (χ2n) is 8.79. The van der Waals surface area contributed by atoms with Crippen LogP contribution in [0.2, 0.25) is 0 Å². The van der Waals surface area contributed by atoms with Gasteiger partial charge in [-0.15, -0.1) is 0 Å². The van der Waals surface area contributed by atoms with Crippen molar-refractivity contribution in [1.29, 1.82) is 0 Å². The molecule has 2 amide bonds. The Morgan fingerprint density at radius 3 is 1.71 bits per heavy atom. The molecule has 0 saturated heterocycles. The van der Waals surface area contributed by atoms with Crippen LogP contribution in [0.15, 0.2) is 91.0 Å². The topological polar surface area (TPSA) is 140 Å². The van der Waals surface area contributed by atoms with E-state index >= 15 is 0 Å². The van der Waals surface area contributed by atoms with E-state index in [0.29, 0.717) is 11.1 Å². The molecule has 0 spiro atoms. The normalized spacial score (nSPS) is 13.1. The molecule has 222 valence electrons. The third-order valence-corrected chi connectivity index (χ3v) is 5.66. The molecule has 0 bridgehead atoms. The third kappa shape index (κ3) is 9.93. The molecule has 3 atom stereocenters. The van der Waals surface area contributed by atoms with Gasteiger partial charge in [0, 0.05) is 0 Å². The largest absolute Gasteiger partial charge is 0.471 e. The number of esters is 2. The summed E-state index contributed by atoms with van der Waals surface area (Å²) in [5.74, 6) is -5.12. The number of hydrogen-bond acceptors (Lipinski definition) is 8. The van der Waals surface area contributed by atoms with Crippen molar-refractivity contribution in [3.05, 3.63) is 108 Å². The van der Waals surface area contributed by atoms with Crippen LogP contribution in [0, 0.1) is 0 Å². The van der Waals surface area contributed by atoms with Gasteiger partial charge in [-0.1, -0.05) is 91.0 Å². The monoisotopic (exact) mass is 588 g/mol. The Balaban J connectivity index is 1.72. The van der Waals surface area contributed by atoms with Crippen LogP contribution in [0.25, 0.3) is 0 Å². The summed E-state index contributed by atoms with van der Waals surface area (Å²) in [5.41, 5.74) is 1.33. The Morgan fingerprint density at radius 2 is 1.19 bits per heavy atom. The summed E-state index contributed by atoms with van der Waals surface area (Å²) in [6.45, 7) is -1.61. The van der Waals surface area contributed by atoms with E-state index in [9.17, 15) is 37.5 Å². The van der Waals surface area contributed by atoms with E-state index in [0.717, 1.165) is 0 Å². The van der Waals surface area contributed by atoms with Gasteiger partial charge in [-0.2, -0.15) is 13.2 Å². The van der Waals surface area contributed by atoms with Crippen LogP contribution < -0.4 is 10.6 Å². The van der Waals surface area contributed by atoms with Crippen LogP contribution in [0.5, 0.6) is 0 Å². The molecule has 42 heavy (non-hydrogen) atoms. The van der Waals surface area contributed by atoms with E-state index in [1.807, 2.05) is 0 Å². The van der Waals surface area contributed by atoms with Crippen molar-refractivity contribution in [2.45, 2.75) is 37.6 Å². The van der Waals surface area contributed by atoms with Gasteiger partial charge in [0.1, 0.15) is 25.9 Å². The van der Waals surface area contributed by atoms with E-state index in [2.05, 4.69) is 5.32 Å². The molecule has 0 radical (unpaired) electrons. The maximum atomic E-state index is 13.0. The lowest BCUT2D eigenvalue weighted by Gasteiger charge is -2.24. The van der Waals surface area contributed by atoms with Crippen molar-refractivity contribution in [3.8, 4) is 0 Å². The van der Waals surface area contributed by atoms with Crippen molar-refractivity contribution < 1.29 is 51.7 Å². The highest BCUT2D eigenvalue weighted by Gasteiger charge is 2.42. The Labute approximate surface area is 238 Å². The Hall–Kier alpha value is -4.91. The molecule has 0 aliphatic heterocycles. The molecule has 0 heterocycles. The van der Waals surface area contributed by atoms with Gasteiger partial charge >= 0.3 is 30.1 Å². The van der Waals surface area contributed by atoms with Crippen LogP contribution in [0.1, 0.15) is 22.8 Å². The Kier molecular flexibility index (Phi) is 11.4. The molecule has 3 aromatic carbocycles. The van der Waals surface area contributed by atoms with E-state index in [1.165, 1.54) is 17.4 Å². The van der Waals surface area contributed by atoms with Crippen LogP contribution in [0.3, 0.4) is 0 Å². The maximum absolute atomic E-state index is 13.0. The second-order valence-corrected chi connectivity index (χ2v) is 8.79. The SMILES string of the molecule is O=C(NC(C(=O)OC[C@H](NC(=O)C(F)(F)F)C(=O)OCc1ccccc1)C(O)c1ccccc1)OCc1ccccc1. The van der Waals surface area contributed by atoms with Crippen molar-refractivity contribution in [2.75, 3.05) is 6.61 Å². The average Bonchev–Trinajstić information content (AvgIpc) is 3.00. The zero-order valence-electron chi connectivity index (χ0n) is 22.0. The van der Waals surface area contributed by atoms with E-state index < -0.39 is 54.9 Å². The zero-order valence-corrected chi connectivity index (χ0v) is 22.0. The number of ether oxygens (including phenoxy) is 3. The molecule has 0 aromatic heterocycles. The van der Waals surface area contributed by atoms with E-state index in [-0.39, 0.29) is 18.8 Å². The minimum atomic E-state index is -5.35. The highest BCUT2D eigenvalue weighted by atomic mass is 19.4. The molecule has 10 nitrogen and oxygen atoms in total. The number of alkyl halides is 3. The van der Waals surface area contributed by atoms with Crippen molar-refractivity contribution in [2.24, 2.45) is 0 Å². The molecular formula is C29H27F3N2O8. The van der Waals surface area contributed by atoms with Crippen LogP contribution >= 0.6 is 0 Å². The van der Waals surface area contributed by atoms with Gasteiger partial charge in [0.05, 0.1) is 0 Å². The summed E-state index contributed by atoms with van der Waals surface area (Å²) in [5, 5.41) is 14.5. The van der Waals surface area contributed by atoms with Gasteiger partial charge in [0.25, 0.3) is 0 Å². The Bertz CT molecular complexity index is 1320. The highest BCUT2D eigenvalue weighted by molar-refractivity contribution is 5.88. The molecule has 0 fully saturated rings. The van der Waals surface area contributed by atoms with Gasteiger partial charge in [-0.05, 0) is 16.7 Å². The fraction of sp³-hybridized carbons (Fsp3) is 0.241. The first-order valence-electron chi connectivity index (χ1n) is 12.5. The standard InChI is InChI=1S/C29H27F3N2O8/c30-29(31,32)27(38)33-22(25(36)40-16-19-10-4-1-5-11-19)18-41-26(37)23(24(35)21-14-8-3-9-15-21)34-28(39)42-17-20-12-6-2-7-13-20/h1-15,22-24,35H,16-18H2,(H,33,38)(H,34,39)/t22-,23?,24?/m0/s1. The van der Waals surface area contributed by atoms with Crippen molar-refractivity contribution >= 4 is 23.9 Å². The lowest BCUT2D eigenvalue weighted by molar-refractivity contribution is -0.177. The number of benzene rings is 3. The first-order valence-corrected chi connectivity index (χ1v) is 12.5. The first-order chi connectivity index (χ1) is 20.0. The molecule has 0 saturated carbocycles. The summed E-state index contributed by atoms with van der Waals surface area (Å²) < 4.78 is 53.9. The van der Waals surface area contributed by atoms with Crippen LogP contribution in [-0.4, -0.2) is 53.9 Å². The lowest BCUT2D eigenvalue weighted by Crippen LogP contribution is -2.51. The third-order valence-electron chi connectivity index (χ3n) is 5.66. The molecule has 2 unspecified atom stereocenters. The number of hydrogen-bond donors (Lipinski definition) is 3. The quantitative estimate of drug-likeness (QED) is 0.216. The minimum Gasteiger partial charge on any atom is -0.461 e. The zero-order chi connectivity index (χ0) is 30.5. The van der Waals surface area contributed by atoms with Crippen LogP contribution in [-0.2, 0) is 41.8 Å². The summed E-state index contributed by atoms with van der Waals surface area (Å²) in [7, 11) is 0. The smallest absolute Gasteiger partial charge is 0.461 e. The number of carbonyl (C=O) groups is 4. The average molecular weight is 589 g/mol. The molecule has 0 aliphatic rings. The van der Waals surface area contributed by atoms with E-state index in [1.54, 1.807) is 78.9 Å². The number of alkyl carbamates (subject to hydrolysis) is 1. The van der Waals surface area contributed by atoms with Crippen molar-refractivity contribution in [1.82, 2.24) is 10.6 Å². The number of aliphatic hydroxyl groups excluding tert-OH is 1. The number of amides is 2. The molecule has 0 aliphatic carbocycles. The van der Waals surface area contributed by atoms with Gasteiger partial charge in [-0.3, -0.25) is 4.79 Å². The number of rotatable bonds is 12. The molecule has 3 aromatic rings. The van der Waals surface area contributed by atoms with Gasteiger partial charge in [0.2, 0.25) is 0 Å². The minimum absolute atomic E-state index is 0.172. The first kappa shape index (κ1) is 31.6. The molecular weight excluding hydrogens is 561 g/mol. The number of aliphatic hydroxyl groups is 1. The van der Waals surface area contributed by atoms with Crippen LogP contribution in [0.4, 0.5) is 18.0 Å². The maximum Gasteiger partial charge on any atom is 0.471 e. The summed E-state index contributed by atoms with van der Waals surface area (Å²) in [4.78, 5) is 49.6. The number of halogens is 3. The van der Waals surface area contributed by atoms with Crippen molar-refractivity contribution in [3.63, 3.8) is 0 Å². The highest BCUT2D eigenvalue weighted by Crippen LogP contribution is 2.19. The van der Waals surface area contributed by atoms with Gasteiger partial charge in [0.15, 0.2) is 12.1 Å². The summed E-state index contributed by atoms with van der Waals surface area (Å²) >= 11 is 0. The predicted octanol–water partition coefficient (Wildman–Crippen LogP) is 3.35. The summed E-state index contributed by atoms with van der Waals surface area (Å²) in [6, 6.07) is 20.5. The fourth-order valence-corrected chi connectivity index (χ4v) is 3.49. The fourth-order valence-electron chi connectivity index (χ4n) is 3.49. The van der Waals surface area contributed by atoms with Gasteiger partial charge in [-0.25, -0.2) is 14.4 Å². The van der Waals surface area contributed by atoms with Gasteiger partial charge < -0.3 is 30.0 Å². The number of carbonyl (C=O) groups excluding carboxylic acids is 4. The van der Waals surface area contributed by atoms with E-state index in [4.69, 9.17) is 14.2 Å². The molecule has 3 rings (SSSR count). The molecule has 13 heteroatoms. The molecule has 3 N–H and O–H groups in total.